The van der Waals surface area contributed by atoms with Crippen molar-refractivity contribution in [3.05, 3.63) is 63.0 Å². The van der Waals surface area contributed by atoms with Gasteiger partial charge in [-0.3, -0.25) is 9.69 Å². The molecule has 0 bridgehead atoms. The van der Waals surface area contributed by atoms with Crippen LogP contribution in [0.15, 0.2) is 46.3 Å². The number of aromatic hydroxyl groups is 1. The molecule has 2 aromatic rings. The third kappa shape index (κ3) is 3.72. The lowest BCUT2D eigenvalue weighted by molar-refractivity contribution is -0.121. The third-order valence-electron chi connectivity index (χ3n) is 4.00. The number of benzene rings is 2. The van der Waals surface area contributed by atoms with Gasteiger partial charge in [-0.25, -0.2) is 4.99 Å². The average molecular weight is 373 g/mol. The first kappa shape index (κ1) is 17.6. The average Bonchev–Trinajstić information content (AvgIpc) is 2.82. The molecule has 0 saturated carbocycles. The van der Waals surface area contributed by atoms with Crippen molar-refractivity contribution in [3.63, 3.8) is 0 Å². The molecule has 0 aromatic heterocycles. The summed E-state index contributed by atoms with van der Waals surface area (Å²) in [6.45, 7) is 4.08. The minimum Gasteiger partial charge on any atom is -0.507 e. The Morgan fingerprint density at radius 1 is 1.16 bits per heavy atom. The second-order valence-corrected chi connectivity index (χ2v) is 7.29. The Kier molecular flexibility index (Phi) is 4.88. The maximum Gasteiger partial charge on any atom is 0.266 e. The summed E-state index contributed by atoms with van der Waals surface area (Å²) < 4.78 is 0. The molecule has 0 radical (unpaired) electrons. The molecular weight excluding hydrogens is 356 g/mol. The molecule has 1 amide bonds. The van der Waals surface area contributed by atoms with Crippen LogP contribution in [-0.2, 0) is 4.79 Å². The highest BCUT2D eigenvalue weighted by Crippen LogP contribution is 2.35. The first-order chi connectivity index (χ1) is 11.8. The molecule has 0 aliphatic carbocycles. The zero-order valence-corrected chi connectivity index (χ0v) is 15.6. The fraction of sp³-hybridized carbons (Fsp3) is 0.158. The predicted octanol–water partition coefficient (Wildman–Crippen LogP) is 4.90. The summed E-state index contributed by atoms with van der Waals surface area (Å²) in [6.07, 6.45) is 1.63. The number of hydrogen-bond acceptors (Lipinski definition) is 4. The summed E-state index contributed by atoms with van der Waals surface area (Å²) in [5.74, 6) is -0.0838. The molecule has 1 N–H and O–H groups in total. The number of carbonyl (C=O) groups is 1. The lowest BCUT2D eigenvalue weighted by atomic mass is 10.1. The second kappa shape index (κ2) is 6.94. The molecule has 6 heteroatoms. The third-order valence-corrected chi connectivity index (χ3v) is 5.29. The zero-order valence-electron chi connectivity index (χ0n) is 14.1. The van der Waals surface area contributed by atoms with Crippen molar-refractivity contribution < 1.29 is 9.90 Å². The molecule has 1 fully saturated rings. The van der Waals surface area contributed by atoms with E-state index in [2.05, 4.69) is 4.99 Å². The number of hydrogen-bond donors (Lipinski definition) is 1. The van der Waals surface area contributed by atoms with Gasteiger partial charge in [-0.1, -0.05) is 17.7 Å². The molecule has 25 heavy (non-hydrogen) atoms. The Morgan fingerprint density at radius 3 is 2.64 bits per heavy atom. The number of halogens is 1. The molecule has 4 nitrogen and oxygen atoms in total. The fourth-order valence-electron chi connectivity index (χ4n) is 2.34. The number of aliphatic imine (C=N–C) groups is 1. The highest BCUT2D eigenvalue weighted by atomic mass is 35.5. The van der Waals surface area contributed by atoms with Gasteiger partial charge in [0.2, 0.25) is 0 Å². The van der Waals surface area contributed by atoms with E-state index in [0.29, 0.717) is 20.7 Å². The van der Waals surface area contributed by atoms with E-state index in [1.165, 1.54) is 28.3 Å². The summed E-state index contributed by atoms with van der Waals surface area (Å²) >= 11 is 7.24. The molecule has 1 aliphatic heterocycles. The van der Waals surface area contributed by atoms with Gasteiger partial charge in [-0.05, 0) is 73.1 Å². The molecule has 128 valence electrons. The van der Waals surface area contributed by atoms with Gasteiger partial charge in [0, 0.05) is 17.6 Å². The van der Waals surface area contributed by atoms with E-state index in [1.54, 1.807) is 25.3 Å². The van der Waals surface area contributed by atoms with Gasteiger partial charge >= 0.3 is 0 Å². The highest BCUT2D eigenvalue weighted by Gasteiger charge is 2.30. The Balaban J connectivity index is 1.94. The number of aryl methyl sites for hydroxylation is 2. The molecule has 0 unspecified atom stereocenters. The standard InChI is InChI=1S/C19H17ClN2O2S/c1-11-4-6-15(8-12(11)2)21-19-22(3)18(24)17(25-19)10-13-9-14(20)5-7-16(13)23/h4-10,23H,1-3H3. The largest absolute Gasteiger partial charge is 0.507 e. The van der Waals surface area contributed by atoms with Crippen LogP contribution in [0.4, 0.5) is 5.69 Å². The van der Waals surface area contributed by atoms with Crippen molar-refractivity contribution in [2.45, 2.75) is 13.8 Å². The van der Waals surface area contributed by atoms with Crippen LogP contribution in [0.25, 0.3) is 6.08 Å². The Bertz CT molecular complexity index is 922. The first-order valence-electron chi connectivity index (χ1n) is 7.67. The Hall–Kier alpha value is -2.24. The summed E-state index contributed by atoms with van der Waals surface area (Å²) in [5, 5.41) is 11.0. The van der Waals surface area contributed by atoms with Crippen molar-refractivity contribution in [1.82, 2.24) is 4.90 Å². The van der Waals surface area contributed by atoms with Crippen LogP contribution in [0, 0.1) is 13.8 Å². The van der Waals surface area contributed by atoms with E-state index in [4.69, 9.17) is 11.6 Å². The first-order valence-corrected chi connectivity index (χ1v) is 8.86. The molecule has 0 spiro atoms. The van der Waals surface area contributed by atoms with E-state index in [0.717, 1.165) is 11.3 Å². The number of amides is 1. The van der Waals surface area contributed by atoms with Crippen LogP contribution >= 0.6 is 23.4 Å². The lowest BCUT2D eigenvalue weighted by Gasteiger charge is -2.08. The van der Waals surface area contributed by atoms with Gasteiger partial charge in [-0.2, -0.15) is 0 Å². The van der Waals surface area contributed by atoms with Crippen molar-refractivity contribution >= 4 is 46.2 Å². The summed E-state index contributed by atoms with van der Waals surface area (Å²) in [4.78, 5) is 19.0. The molecule has 1 heterocycles. The summed E-state index contributed by atoms with van der Waals surface area (Å²) in [5.41, 5.74) is 3.66. The van der Waals surface area contributed by atoms with Gasteiger partial charge in [0.25, 0.3) is 5.91 Å². The van der Waals surface area contributed by atoms with Gasteiger partial charge in [0.15, 0.2) is 5.17 Å². The van der Waals surface area contributed by atoms with E-state index in [1.807, 2.05) is 32.0 Å². The number of phenolic OH excluding ortho intramolecular Hbond substituents is 1. The maximum absolute atomic E-state index is 12.5. The van der Waals surface area contributed by atoms with Crippen molar-refractivity contribution in [2.75, 3.05) is 7.05 Å². The molecule has 1 aliphatic rings. The van der Waals surface area contributed by atoms with Gasteiger partial charge < -0.3 is 5.11 Å². The van der Waals surface area contributed by atoms with Crippen LogP contribution in [0.5, 0.6) is 5.75 Å². The number of thioether (sulfide) groups is 1. The second-order valence-electron chi connectivity index (χ2n) is 5.84. The highest BCUT2D eigenvalue weighted by molar-refractivity contribution is 8.18. The number of carbonyl (C=O) groups excluding carboxylic acids is 1. The monoisotopic (exact) mass is 372 g/mol. The van der Waals surface area contributed by atoms with E-state index in [-0.39, 0.29) is 11.7 Å². The van der Waals surface area contributed by atoms with Gasteiger partial charge in [-0.15, -0.1) is 0 Å². The van der Waals surface area contributed by atoms with Crippen molar-refractivity contribution in [3.8, 4) is 5.75 Å². The topological polar surface area (TPSA) is 52.9 Å². The van der Waals surface area contributed by atoms with Crippen molar-refractivity contribution in [2.24, 2.45) is 4.99 Å². The van der Waals surface area contributed by atoms with Crippen LogP contribution in [0.3, 0.4) is 0 Å². The number of amidine groups is 1. The minimum absolute atomic E-state index is 0.0764. The quantitative estimate of drug-likeness (QED) is 0.763. The zero-order chi connectivity index (χ0) is 18.1. The van der Waals surface area contributed by atoms with E-state index in [9.17, 15) is 9.90 Å². The van der Waals surface area contributed by atoms with Crippen LogP contribution < -0.4 is 0 Å². The smallest absolute Gasteiger partial charge is 0.266 e. The number of likely N-dealkylation sites (N-methyl/N-ethyl adjacent to an activating group) is 1. The minimum atomic E-state index is -0.160. The lowest BCUT2D eigenvalue weighted by Crippen LogP contribution is -2.23. The van der Waals surface area contributed by atoms with E-state index < -0.39 is 0 Å². The Labute approximate surface area is 155 Å². The van der Waals surface area contributed by atoms with Gasteiger partial charge in [0.1, 0.15) is 5.75 Å². The molecule has 0 atom stereocenters. The van der Waals surface area contributed by atoms with Crippen molar-refractivity contribution in [1.29, 1.82) is 0 Å². The summed E-state index contributed by atoms with van der Waals surface area (Å²) in [6, 6.07) is 10.7. The van der Waals surface area contributed by atoms with Gasteiger partial charge in [0.05, 0.1) is 10.6 Å². The van der Waals surface area contributed by atoms with Crippen LogP contribution in [0.2, 0.25) is 5.02 Å². The summed E-state index contributed by atoms with van der Waals surface area (Å²) in [7, 11) is 1.69. The Morgan fingerprint density at radius 2 is 1.92 bits per heavy atom. The van der Waals surface area contributed by atoms with Crippen LogP contribution in [0.1, 0.15) is 16.7 Å². The molecular formula is C19H17ClN2O2S. The van der Waals surface area contributed by atoms with E-state index >= 15 is 0 Å². The predicted molar refractivity (Wildman–Crippen MR) is 104 cm³/mol. The fourth-order valence-corrected chi connectivity index (χ4v) is 3.50. The normalized spacial score (nSPS) is 17.8. The molecule has 2 aromatic carbocycles. The number of phenols is 1. The molecule has 1 saturated heterocycles. The maximum atomic E-state index is 12.5. The molecule has 3 rings (SSSR count). The number of nitrogens with zero attached hydrogens (tertiary/aromatic N) is 2. The van der Waals surface area contributed by atoms with Crippen LogP contribution in [-0.4, -0.2) is 28.1 Å². The SMILES string of the molecule is Cc1ccc(N=C2SC(=Cc3cc(Cl)ccc3O)C(=O)N2C)cc1C. The number of rotatable bonds is 2.